The van der Waals surface area contributed by atoms with Gasteiger partial charge in [-0.3, -0.25) is 0 Å². The molecule has 0 atom stereocenters. The van der Waals surface area contributed by atoms with Crippen LogP contribution in [0.3, 0.4) is 0 Å². The number of sulfonamides is 1. The molecule has 1 aliphatic heterocycles. The molecule has 1 aromatic heterocycles. The predicted molar refractivity (Wildman–Crippen MR) is 74.5 cm³/mol. The summed E-state index contributed by atoms with van der Waals surface area (Å²) in [7, 11) is -4.83. The van der Waals surface area contributed by atoms with Gasteiger partial charge in [-0.15, -0.1) is 11.3 Å². The molecule has 0 radical (unpaired) electrons. The first-order chi connectivity index (χ1) is 8.85. The van der Waals surface area contributed by atoms with Crippen molar-refractivity contribution >= 4 is 31.2 Å². The van der Waals surface area contributed by atoms with Gasteiger partial charge >= 0.3 is 0 Å². The van der Waals surface area contributed by atoms with Gasteiger partial charge in [0.2, 0.25) is 0 Å². The molecule has 0 spiro atoms. The summed E-state index contributed by atoms with van der Waals surface area (Å²) in [4.78, 5) is 0.936. The van der Waals surface area contributed by atoms with Crippen LogP contribution in [-0.2, 0) is 26.4 Å². The molecule has 9 heteroatoms. The summed E-state index contributed by atoms with van der Waals surface area (Å²) < 4.78 is 48.8. The third-order valence-corrected chi connectivity index (χ3v) is 7.95. The van der Waals surface area contributed by atoms with E-state index >= 15 is 0 Å². The molecular weight excluding hydrogens is 308 g/mol. The minimum absolute atomic E-state index is 0.0456. The van der Waals surface area contributed by atoms with E-state index in [2.05, 4.69) is 5.32 Å². The summed E-state index contributed by atoms with van der Waals surface area (Å²) in [5.74, 6) is -0.193. The van der Waals surface area contributed by atoms with Crippen LogP contribution >= 0.6 is 11.3 Å². The second-order valence-electron chi connectivity index (χ2n) is 4.31. The molecule has 0 amide bonds. The van der Waals surface area contributed by atoms with E-state index in [1.54, 1.807) is 19.2 Å². The summed E-state index contributed by atoms with van der Waals surface area (Å²) in [6.07, 6.45) is 0. The van der Waals surface area contributed by atoms with Gasteiger partial charge in [0.25, 0.3) is 10.0 Å². The Morgan fingerprint density at radius 1 is 1.32 bits per heavy atom. The first kappa shape index (κ1) is 14.9. The fourth-order valence-electron chi connectivity index (χ4n) is 1.83. The molecule has 1 N–H and O–H groups in total. The normalized spacial score (nSPS) is 20.5. The number of hydrogen-bond acceptors (Lipinski definition) is 6. The van der Waals surface area contributed by atoms with Crippen molar-refractivity contribution in [3.63, 3.8) is 0 Å². The van der Waals surface area contributed by atoms with E-state index < -0.39 is 19.9 Å². The molecule has 1 aliphatic rings. The number of hydrogen-bond donors (Lipinski definition) is 1. The largest absolute Gasteiger partial charge is 0.315 e. The van der Waals surface area contributed by atoms with Gasteiger partial charge in [0.15, 0.2) is 9.84 Å². The molecule has 1 fully saturated rings. The molecule has 0 unspecified atom stereocenters. The van der Waals surface area contributed by atoms with Gasteiger partial charge in [-0.2, -0.15) is 4.31 Å². The summed E-state index contributed by atoms with van der Waals surface area (Å²) >= 11 is 1.22. The van der Waals surface area contributed by atoms with Gasteiger partial charge in [-0.05, 0) is 19.2 Å². The zero-order valence-electron chi connectivity index (χ0n) is 10.5. The molecule has 0 saturated carbocycles. The van der Waals surface area contributed by atoms with E-state index in [1.165, 1.54) is 15.6 Å². The van der Waals surface area contributed by atoms with Crippen LogP contribution in [0, 0.1) is 0 Å². The summed E-state index contributed by atoms with van der Waals surface area (Å²) in [6.45, 7) is 0.711. The van der Waals surface area contributed by atoms with Crippen molar-refractivity contribution in [1.82, 2.24) is 9.62 Å². The average molecular weight is 324 g/mol. The lowest BCUT2D eigenvalue weighted by atomic mass is 10.5. The van der Waals surface area contributed by atoms with E-state index in [4.69, 9.17) is 0 Å². The highest BCUT2D eigenvalue weighted by Gasteiger charge is 2.31. The van der Waals surface area contributed by atoms with Gasteiger partial charge in [-0.25, -0.2) is 16.8 Å². The van der Waals surface area contributed by atoms with Crippen LogP contribution in [0.15, 0.2) is 16.3 Å². The molecule has 0 aliphatic carbocycles. The van der Waals surface area contributed by atoms with Crippen molar-refractivity contribution in [3.05, 3.63) is 17.0 Å². The van der Waals surface area contributed by atoms with Crippen molar-refractivity contribution in [3.8, 4) is 0 Å². The van der Waals surface area contributed by atoms with E-state index in [0.717, 1.165) is 4.88 Å². The molecule has 108 valence electrons. The number of thiophene rings is 1. The number of nitrogens with zero attached hydrogens (tertiary/aromatic N) is 1. The minimum atomic E-state index is -3.55. The van der Waals surface area contributed by atoms with Crippen LogP contribution in [0.5, 0.6) is 0 Å². The molecular formula is C10H16N2O4S3. The van der Waals surface area contributed by atoms with Crippen molar-refractivity contribution < 1.29 is 16.8 Å². The van der Waals surface area contributed by atoms with Crippen LogP contribution in [-0.4, -0.2) is 52.8 Å². The number of sulfone groups is 1. The Morgan fingerprint density at radius 2 is 1.95 bits per heavy atom. The Morgan fingerprint density at radius 3 is 2.53 bits per heavy atom. The monoisotopic (exact) mass is 324 g/mol. The third kappa shape index (κ3) is 3.34. The Balaban J connectivity index is 2.18. The van der Waals surface area contributed by atoms with E-state index in [1.807, 2.05) is 0 Å². The summed E-state index contributed by atoms with van der Waals surface area (Å²) in [6, 6.07) is 3.35. The number of rotatable bonds is 4. The lowest BCUT2D eigenvalue weighted by Crippen LogP contribution is -2.43. The van der Waals surface area contributed by atoms with Crippen LogP contribution in [0.2, 0.25) is 0 Å². The molecule has 6 nitrogen and oxygen atoms in total. The Labute approximate surface area is 117 Å². The van der Waals surface area contributed by atoms with Crippen molar-refractivity contribution in [2.24, 2.45) is 0 Å². The lowest BCUT2D eigenvalue weighted by molar-refractivity contribution is 0.432. The maximum absolute atomic E-state index is 12.3. The van der Waals surface area contributed by atoms with Gasteiger partial charge in [0.1, 0.15) is 4.21 Å². The highest BCUT2D eigenvalue weighted by Crippen LogP contribution is 2.25. The van der Waals surface area contributed by atoms with E-state index in [9.17, 15) is 16.8 Å². The van der Waals surface area contributed by atoms with Gasteiger partial charge in [0.05, 0.1) is 11.5 Å². The molecule has 0 bridgehead atoms. The highest BCUT2D eigenvalue weighted by molar-refractivity contribution is 7.92. The second kappa shape index (κ2) is 5.49. The third-order valence-electron chi connectivity index (χ3n) is 2.89. The smallest absolute Gasteiger partial charge is 0.252 e. The Kier molecular flexibility index (Phi) is 4.31. The maximum Gasteiger partial charge on any atom is 0.252 e. The number of nitrogens with one attached hydrogen (secondary N) is 1. The van der Waals surface area contributed by atoms with E-state index in [0.29, 0.717) is 6.54 Å². The maximum atomic E-state index is 12.3. The Bertz CT molecular complexity index is 634. The summed E-state index contributed by atoms with van der Waals surface area (Å²) in [5, 5.41) is 2.96. The predicted octanol–water partition coefficient (Wildman–Crippen LogP) is -0.113. The zero-order chi connectivity index (χ0) is 14.1. The fourth-order valence-corrected chi connectivity index (χ4v) is 6.23. The molecule has 0 aromatic carbocycles. The van der Waals surface area contributed by atoms with Crippen molar-refractivity contribution in [1.29, 1.82) is 0 Å². The SMILES string of the molecule is CNCc1ccc(S(=O)(=O)N2CCS(=O)(=O)CC2)s1. The lowest BCUT2D eigenvalue weighted by Gasteiger charge is -2.25. The summed E-state index contributed by atoms with van der Waals surface area (Å²) in [5.41, 5.74) is 0. The molecule has 19 heavy (non-hydrogen) atoms. The first-order valence-electron chi connectivity index (χ1n) is 5.79. The van der Waals surface area contributed by atoms with Crippen LogP contribution in [0.4, 0.5) is 0 Å². The molecule has 2 rings (SSSR count). The standard InChI is InChI=1S/C10H16N2O4S3/c1-11-8-9-2-3-10(17-9)19(15,16)12-4-6-18(13,14)7-5-12/h2-3,11H,4-8H2,1H3. The highest BCUT2D eigenvalue weighted by atomic mass is 32.2. The van der Waals surface area contributed by atoms with Gasteiger partial charge in [0, 0.05) is 24.5 Å². The van der Waals surface area contributed by atoms with Crippen molar-refractivity contribution in [2.75, 3.05) is 31.6 Å². The van der Waals surface area contributed by atoms with Crippen LogP contribution in [0.1, 0.15) is 4.88 Å². The Hall–Kier alpha value is -0.480. The van der Waals surface area contributed by atoms with Crippen LogP contribution < -0.4 is 5.32 Å². The molecule has 2 heterocycles. The van der Waals surface area contributed by atoms with Crippen LogP contribution in [0.25, 0.3) is 0 Å². The zero-order valence-corrected chi connectivity index (χ0v) is 12.9. The molecule has 1 aromatic rings. The second-order valence-corrected chi connectivity index (χ2v) is 9.94. The quantitative estimate of drug-likeness (QED) is 0.835. The first-order valence-corrected chi connectivity index (χ1v) is 9.87. The topological polar surface area (TPSA) is 83.6 Å². The average Bonchev–Trinajstić information content (AvgIpc) is 2.78. The minimum Gasteiger partial charge on any atom is -0.315 e. The van der Waals surface area contributed by atoms with Crippen molar-refractivity contribution in [2.45, 2.75) is 10.8 Å². The fraction of sp³-hybridized carbons (Fsp3) is 0.600. The van der Waals surface area contributed by atoms with E-state index in [-0.39, 0.29) is 28.8 Å². The molecule has 1 saturated heterocycles. The van der Waals surface area contributed by atoms with Gasteiger partial charge < -0.3 is 5.32 Å². The van der Waals surface area contributed by atoms with Gasteiger partial charge in [-0.1, -0.05) is 0 Å².